The molecule has 10 nitrogen and oxygen atoms in total. The molecule has 0 saturated carbocycles. The number of nitrogens with one attached hydrogen (secondary N) is 4. The Morgan fingerprint density at radius 3 is 2.72 bits per heavy atom. The van der Waals surface area contributed by atoms with Crippen LogP contribution >= 0.6 is 11.6 Å². The number of hydrogen-bond acceptors (Lipinski definition) is 8. The van der Waals surface area contributed by atoms with Crippen LogP contribution in [0.5, 0.6) is 0 Å². The molecule has 0 fully saturated rings. The minimum Gasteiger partial charge on any atom is -0.369 e. The van der Waals surface area contributed by atoms with Crippen molar-refractivity contribution in [1.29, 1.82) is 0 Å². The van der Waals surface area contributed by atoms with Gasteiger partial charge < -0.3 is 10.6 Å². The highest BCUT2D eigenvalue weighted by Gasteiger charge is 2.16. The second-order valence-electron chi connectivity index (χ2n) is 7.69. The van der Waals surface area contributed by atoms with E-state index >= 15 is 0 Å². The Kier molecular flexibility index (Phi) is 8.07. The molecular formula is C23H23ClN6O4S2. The molecule has 4 N–H and O–H groups in total. The summed E-state index contributed by atoms with van der Waals surface area (Å²) in [5.74, 6) is 6.67. The van der Waals surface area contributed by atoms with Gasteiger partial charge in [0.15, 0.2) is 0 Å². The van der Waals surface area contributed by atoms with Gasteiger partial charge in [0, 0.05) is 36.8 Å². The molecule has 13 heteroatoms. The van der Waals surface area contributed by atoms with Gasteiger partial charge in [-0.2, -0.15) is 4.98 Å². The summed E-state index contributed by atoms with van der Waals surface area (Å²) in [5, 5.41) is 6.63. The topological polar surface area (TPSA) is 142 Å². The minimum absolute atomic E-state index is 0.123. The molecule has 0 atom stereocenters. The zero-order valence-electron chi connectivity index (χ0n) is 19.0. The Hall–Kier alpha value is -3.21. The molecule has 0 amide bonds. The summed E-state index contributed by atoms with van der Waals surface area (Å²) >= 11 is 5.81. The van der Waals surface area contributed by atoms with Gasteiger partial charge in [0.25, 0.3) is 0 Å². The van der Waals surface area contributed by atoms with Gasteiger partial charge in [0.05, 0.1) is 21.6 Å². The fraction of sp³-hybridized carbons (Fsp3) is 0.217. The van der Waals surface area contributed by atoms with Crippen molar-refractivity contribution in [3.63, 3.8) is 0 Å². The van der Waals surface area contributed by atoms with Crippen LogP contribution in [0, 0.1) is 11.8 Å². The predicted octanol–water partition coefficient (Wildman–Crippen LogP) is 2.69. The molecular weight excluding hydrogens is 524 g/mol. The normalized spacial score (nSPS) is 15.0. The largest absolute Gasteiger partial charge is 0.369 e. The van der Waals surface area contributed by atoms with Crippen LogP contribution in [0.2, 0.25) is 5.02 Å². The molecule has 4 bridgehead atoms. The summed E-state index contributed by atoms with van der Waals surface area (Å²) in [5.41, 5.74) is 1.06. The van der Waals surface area contributed by atoms with Crippen LogP contribution in [0.25, 0.3) is 0 Å². The van der Waals surface area contributed by atoms with E-state index in [9.17, 15) is 16.8 Å². The zero-order chi connectivity index (χ0) is 25.6. The van der Waals surface area contributed by atoms with Gasteiger partial charge in [0.2, 0.25) is 26.0 Å². The van der Waals surface area contributed by atoms with Gasteiger partial charge >= 0.3 is 0 Å². The van der Waals surface area contributed by atoms with Gasteiger partial charge in [-0.25, -0.2) is 31.3 Å². The van der Waals surface area contributed by atoms with E-state index < -0.39 is 20.0 Å². The standard InChI is InChI=1S/C23H23ClN6O4S2/c24-18-8-10-20(11-9-18)35(31,32)27-13-2-1-5-17-16-26-23-29-19-6-3-7-21(15-19)36(33,34)28-14-4-12-25-22(17)30-23/h3,6-11,15-16,27-28H,2,4,12-14H2,(H2,25,26,29,30). The summed E-state index contributed by atoms with van der Waals surface area (Å²) in [6, 6.07) is 12.3. The predicted molar refractivity (Wildman–Crippen MR) is 138 cm³/mol. The third kappa shape index (κ3) is 6.71. The molecule has 0 spiro atoms. The van der Waals surface area contributed by atoms with Crippen LogP contribution < -0.4 is 20.1 Å². The van der Waals surface area contributed by atoms with Crippen molar-refractivity contribution in [2.45, 2.75) is 22.6 Å². The lowest BCUT2D eigenvalue weighted by molar-refractivity contribution is 0.579. The maximum absolute atomic E-state index is 12.5. The molecule has 188 valence electrons. The molecule has 2 heterocycles. The van der Waals surface area contributed by atoms with Crippen molar-refractivity contribution >= 4 is 49.1 Å². The molecule has 0 aliphatic carbocycles. The van der Waals surface area contributed by atoms with Gasteiger partial charge in [-0.3, -0.25) is 0 Å². The van der Waals surface area contributed by atoms with Crippen molar-refractivity contribution in [2.75, 3.05) is 30.3 Å². The fourth-order valence-electron chi connectivity index (χ4n) is 3.23. The van der Waals surface area contributed by atoms with Crippen molar-refractivity contribution in [2.24, 2.45) is 0 Å². The van der Waals surface area contributed by atoms with Gasteiger partial charge in [-0.15, -0.1) is 0 Å². The van der Waals surface area contributed by atoms with E-state index in [1.165, 1.54) is 36.4 Å². The third-order valence-electron chi connectivity index (χ3n) is 5.02. The molecule has 36 heavy (non-hydrogen) atoms. The quantitative estimate of drug-likeness (QED) is 0.289. The van der Waals surface area contributed by atoms with Gasteiger partial charge in [-0.05, 0) is 48.9 Å². The lowest BCUT2D eigenvalue weighted by atomic mass is 10.2. The summed E-state index contributed by atoms with van der Waals surface area (Å²) in [4.78, 5) is 9.04. The SMILES string of the molecule is O=S(=O)(NCCC#Cc1cnc2nc1NCCCNS(=O)(=O)c1cccc(c1)N2)c1ccc(Cl)cc1. The number of aromatic nitrogens is 2. The Bertz CT molecular complexity index is 1520. The molecule has 0 unspecified atom stereocenters. The number of sulfonamides is 2. The van der Waals surface area contributed by atoms with E-state index in [1.54, 1.807) is 18.3 Å². The number of halogens is 1. The van der Waals surface area contributed by atoms with E-state index in [2.05, 4.69) is 41.9 Å². The average molecular weight is 547 g/mol. The first-order valence-electron chi connectivity index (χ1n) is 10.9. The number of nitrogens with zero attached hydrogens (tertiary/aromatic N) is 2. The van der Waals surface area contributed by atoms with Crippen LogP contribution in [0.15, 0.2) is 64.5 Å². The summed E-state index contributed by atoms with van der Waals surface area (Å²) in [7, 11) is -7.28. The Labute approximate surface area is 215 Å². The Morgan fingerprint density at radius 2 is 1.92 bits per heavy atom. The van der Waals surface area contributed by atoms with Gasteiger partial charge in [-0.1, -0.05) is 29.5 Å². The van der Waals surface area contributed by atoms with E-state index in [-0.39, 0.29) is 35.2 Å². The van der Waals surface area contributed by atoms with Crippen LogP contribution in [0.3, 0.4) is 0 Å². The molecule has 0 saturated heterocycles. The first-order chi connectivity index (χ1) is 17.2. The maximum Gasteiger partial charge on any atom is 0.240 e. The highest BCUT2D eigenvalue weighted by molar-refractivity contribution is 7.89. The molecule has 1 aromatic heterocycles. The summed E-state index contributed by atoms with van der Waals surface area (Å²) in [6.45, 7) is 0.823. The molecule has 4 rings (SSSR count). The smallest absolute Gasteiger partial charge is 0.240 e. The number of benzene rings is 2. The average Bonchev–Trinajstić information content (AvgIpc) is 2.85. The Balaban J connectivity index is 1.46. The van der Waals surface area contributed by atoms with E-state index in [4.69, 9.17) is 11.6 Å². The Morgan fingerprint density at radius 1 is 1.11 bits per heavy atom. The second-order valence-corrected chi connectivity index (χ2v) is 11.7. The highest BCUT2D eigenvalue weighted by atomic mass is 35.5. The fourth-order valence-corrected chi connectivity index (χ4v) is 5.50. The second kappa shape index (κ2) is 11.2. The van der Waals surface area contributed by atoms with Gasteiger partial charge in [0.1, 0.15) is 5.82 Å². The third-order valence-corrected chi connectivity index (χ3v) is 8.20. The molecule has 0 radical (unpaired) electrons. The van der Waals surface area contributed by atoms with Crippen molar-refractivity contribution < 1.29 is 16.8 Å². The van der Waals surface area contributed by atoms with E-state index in [0.717, 1.165) is 0 Å². The number of fused-ring (bicyclic) bond motifs is 4. The maximum atomic E-state index is 12.5. The first-order valence-corrected chi connectivity index (χ1v) is 14.3. The van der Waals surface area contributed by atoms with Crippen molar-refractivity contribution in [1.82, 2.24) is 19.4 Å². The summed E-state index contributed by atoms with van der Waals surface area (Å²) in [6.07, 6.45) is 2.34. The van der Waals surface area contributed by atoms with E-state index in [1.807, 2.05) is 0 Å². The molecule has 1 aliphatic rings. The van der Waals surface area contributed by atoms with Crippen molar-refractivity contribution in [3.8, 4) is 11.8 Å². The number of rotatable bonds is 4. The van der Waals surface area contributed by atoms with Crippen LogP contribution in [-0.4, -0.2) is 46.4 Å². The lowest BCUT2D eigenvalue weighted by Crippen LogP contribution is -2.26. The molecule has 3 aromatic rings. The minimum atomic E-state index is -3.66. The van der Waals surface area contributed by atoms with E-state index in [0.29, 0.717) is 35.1 Å². The summed E-state index contributed by atoms with van der Waals surface area (Å²) < 4.78 is 54.7. The molecule has 1 aliphatic heterocycles. The van der Waals surface area contributed by atoms with Crippen LogP contribution in [0.4, 0.5) is 17.5 Å². The monoisotopic (exact) mass is 546 g/mol. The zero-order valence-corrected chi connectivity index (χ0v) is 21.3. The lowest BCUT2D eigenvalue weighted by Gasteiger charge is -2.10. The van der Waals surface area contributed by atoms with Crippen LogP contribution in [-0.2, 0) is 20.0 Å². The van der Waals surface area contributed by atoms with Crippen molar-refractivity contribution in [3.05, 3.63) is 65.3 Å². The first kappa shape index (κ1) is 25.9. The number of hydrogen-bond donors (Lipinski definition) is 4. The highest BCUT2D eigenvalue weighted by Crippen LogP contribution is 2.21. The van der Waals surface area contributed by atoms with Crippen LogP contribution in [0.1, 0.15) is 18.4 Å². The molecule has 2 aromatic carbocycles. The number of anilines is 3.